The van der Waals surface area contributed by atoms with E-state index in [0.717, 1.165) is 13.1 Å². The highest BCUT2D eigenvalue weighted by Gasteiger charge is 2.47. The lowest BCUT2D eigenvalue weighted by atomic mass is 9.78. The van der Waals surface area contributed by atoms with Gasteiger partial charge in [-0.1, -0.05) is 20.8 Å². The van der Waals surface area contributed by atoms with Gasteiger partial charge in [-0.25, -0.2) is 4.39 Å². The largest absolute Gasteiger partial charge is 0.317 e. The first-order valence-corrected chi connectivity index (χ1v) is 6.52. The monoisotopic (exact) mass is 228 g/mol. The van der Waals surface area contributed by atoms with Crippen LogP contribution in [0, 0.1) is 5.41 Å². The Bertz CT molecular complexity index is 235. The van der Waals surface area contributed by atoms with E-state index in [0.29, 0.717) is 25.6 Å². The van der Waals surface area contributed by atoms with Gasteiger partial charge in [-0.3, -0.25) is 4.90 Å². The molecular formula is C13H25FN2. The molecule has 2 nitrogen and oxygen atoms in total. The fourth-order valence-corrected chi connectivity index (χ4v) is 3.17. The average molecular weight is 228 g/mol. The molecule has 2 aliphatic heterocycles. The lowest BCUT2D eigenvalue weighted by Gasteiger charge is -2.51. The van der Waals surface area contributed by atoms with E-state index >= 15 is 0 Å². The maximum atomic E-state index is 14.4. The smallest absolute Gasteiger partial charge is 0.136 e. The first kappa shape index (κ1) is 12.3. The molecule has 2 rings (SSSR count). The minimum atomic E-state index is -0.914. The number of halogens is 1. The van der Waals surface area contributed by atoms with Crippen molar-refractivity contribution in [2.75, 3.05) is 26.2 Å². The zero-order valence-corrected chi connectivity index (χ0v) is 10.9. The summed E-state index contributed by atoms with van der Waals surface area (Å²) in [5.74, 6) is 0. The first-order chi connectivity index (χ1) is 7.38. The molecule has 0 radical (unpaired) electrons. The molecule has 0 aliphatic carbocycles. The Labute approximate surface area is 98.6 Å². The minimum absolute atomic E-state index is 0.106. The van der Waals surface area contributed by atoms with Crippen molar-refractivity contribution >= 4 is 0 Å². The quantitative estimate of drug-likeness (QED) is 0.779. The molecule has 2 heterocycles. The van der Waals surface area contributed by atoms with E-state index in [2.05, 4.69) is 31.0 Å². The van der Waals surface area contributed by atoms with Crippen molar-refractivity contribution in [2.24, 2.45) is 5.41 Å². The molecule has 0 spiro atoms. The van der Waals surface area contributed by atoms with Crippen molar-refractivity contribution in [3.8, 4) is 0 Å². The maximum absolute atomic E-state index is 14.4. The molecule has 0 amide bonds. The van der Waals surface area contributed by atoms with Crippen LogP contribution in [0.15, 0.2) is 0 Å². The van der Waals surface area contributed by atoms with Gasteiger partial charge in [-0.15, -0.1) is 0 Å². The van der Waals surface area contributed by atoms with Gasteiger partial charge >= 0.3 is 0 Å². The summed E-state index contributed by atoms with van der Waals surface area (Å²) in [6, 6.07) is 0.630. The Morgan fingerprint density at radius 2 is 1.81 bits per heavy atom. The minimum Gasteiger partial charge on any atom is -0.317 e. The lowest BCUT2D eigenvalue weighted by molar-refractivity contribution is -0.0830. The van der Waals surface area contributed by atoms with Gasteiger partial charge in [0.2, 0.25) is 0 Å². The molecule has 0 aromatic heterocycles. The number of alkyl halides is 1. The molecular weight excluding hydrogens is 203 g/mol. The van der Waals surface area contributed by atoms with Crippen LogP contribution in [0.25, 0.3) is 0 Å². The van der Waals surface area contributed by atoms with Gasteiger partial charge in [0.05, 0.1) is 0 Å². The standard InChI is InChI=1S/C13H25FN2/c1-12(2,3)8-13(14)9-16(10-13)11-4-6-15-7-5-11/h11,15H,4-10H2,1-3H3. The molecule has 3 heteroatoms. The van der Waals surface area contributed by atoms with Crippen molar-refractivity contribution in [1.82, 2.24) is 10.2 Å². The average Bonchev–Trinajstić information content (AvgIpc) is 2.13. The number of hydrogen-bond acceptors (Lipinski definition) is 2. The summed E-state index contributed by atoms with van der Waals surface area (Å²) in [5.41, 5.74) is -0.807. The molecule has 0 unspecified atom stereocenters. The first-order valence-electron chi connectivity index (χ1n) is 6.52. The van der Waals surface area contributed by atoms with Crippen molar-refractivity contribution < 1.29 is 4.39 Å². The Morgan fingerprint density at radius 3 is 2.31 bits per heavy atom. The van der Waals surface area contributed by atoms with E-state index < -0.39 is 5.67 Å². The van der Waals surface area contributed by atoms with Gasteiger partial charge in [-0.2, -0.15) is 0 Å². The molecule has 0 atom stereocenters. The predicted octanol–water partition coefficient (Wildman–Crippen LogP) is 2.20. The van der Waals surface area contributed by atoms with Crippen molar-refractivity contribution in [2.45, 2.75) is 51.7 Å². The zero-order valence-electron chi connectivity index (χ0n) is 10.9. The third-order valence-corrected chi connectivity index (χ3v) is 3.65. The van der Waals surface area contributed by atoms with Gasteiger partial charge in [0.15, 0.2) is 0 Å². The number of hydrogen-bond donors (Lipinski definition) is 1. The Morgan fingerprint density at radius 1 is 1.25 bits per heavy atom. The van der Waals surface area contributed by atoms with E-state index in [1.54, 1.807) is 0 Å². The number of piperidine rings is 1. The number of likely N-dealkylation sites (tertiary alicyclic amines) is 1. The molecule has 0 aromatic carbocycles. The second-order valence-corrected chi connectivity index (χ2v) is 6.77. The number of nitrogens with one attached hydrogen (secondary N) is 1. The second kappa shape index (κ2) is 4.26. The third kappa shape index (κ3) is 2.95. The molecule has 94 valence electrons. The lowest BCUT2D eigenvalue weighted by Crippen LogP contribution is -2.64. The van der Waals surface area contributed by atoms with Crippen molar-refractivity contribution in [3.05, 3.63) is 0 Å². The van der Waals surface area contributed by atoms with Crippen LogP contribution in [-0.2, 0) is 0 Å². The molecule has 0 bridgehead atoms. The fraction of sp³-hybridized carbons (Fsp3) is 1.00. The number of nitrogens with zero attached hydrogens (tertiary/aromatic N) is 1. The molecule has 1 N–H and O–H groups in total. The normalized spacial score (nSPS) is 27.8. The topological polar surface area (TPSA) is 15.3 Å². The van der Waals surface area contributed by atoms with Gasteiger partial charge in [0.25, 0.3) is 0 Å². The van der Waals surface area contributed by atoms with E-state index in [1.807, 2.05) is 0 Å². The summed E-state index contributed by atoms with van der Waals surface area (Å²) >= 11 is 0. The highest BCUT2D eigenvalue weighted by atomic mass is 19.1. The third-order valence-electron chi connectivity index (χ3n) is 3.65. The van der Waals surface area contributed by atoms with Crippen LogP contribution in [0.1, 0.15) is 40.0 Å². The molecule has 2 saturated heterocycles. The van der Waals surface area contributed by atoms with E-state index in [1.165, 1.54) is 12.8 Å². The van der Waals surface area contributed by atoms with Crippen LogP contribution in [0.3, 0.4) is 0 Å². The van der Waals surface area contributed by atoms with Gasteiger partial charge in [0.1, 0.15) is 5.67 Å². The molecule has 2 aliphatic rings. The molecule has 0 aromatic rings. The summed E-state index contributed by atoms with van der Waals surface area (Å²) in [6.07, 6.45) is 3.07. The van der Waals surface area contributed by atoms with Crippen molar-refractivity contribution in [3.63, 3.8) is 0 Å². The molecule has 16 heavy (non-hydrogen) atoms. The summed E-state index contributed by atoms with van der Waals surface area (Å²) in [4.78, 5) is 2.34. The van der Waals surface area contributed by atoms with Crippen LogP contribution >= 0.6 is 0 Å². The molecule has 0 saturated carbocycles. The second-order valence-electron chi connectivity index (χ2n) is 6.77. The predicted molar refractivity (Wildman–Crippen MR) is 65.4 cm³/mol. The van der Waals surface area contributed by atoms with Gasteiger partial charge in [0, 0.05) is 19.1 Å². The SMILES string of the molecule is CC(C)(C)CC1(F)CN(C2CCNCC2)C1. The summed E-state index contributed by atoms with van der Waals surface area (Å²) in [5, 5.41) is 3.36. The van der Waals surface area contributed by atoms with E-state index in [9.17, 15) is 4.39 Å². The number of rotatable bonds is 2. The van der Waals surface area contributed by atoms with Crippen LogP contribution in [0.2, 0.25) is 0 Å². The Balaban J connectivity index is 1.79. The van der Waals surface area contributed by atoms with Crippen LogP contribution < -0.4 is 5.32 Å². The maximum Gasteiger partial charge on any atom is 0.136 e. The van der Waals surface area contributed by atoms with Gasteiger partial charge in [-0.05, 0) is 37.8 Å². The van der Waals surface area contributed by atoms with E-state index in [-0.39, 0.29) is 5.41 Å². The van der Waals surface area contributed by atoms with Gasteiger partial charge < -0.3 is 5.32 Å². The Hall–Kier alpha value is -0.150. The van der Waals surface area contributed by atoms with Crippen molar-refractivity contribution in [1.29, 1.82) is 0 Å². The summed E-state index contributed by atoms with van der Waals surface area (Å²) < 4.78 is 14.4. The highest BCUT2D eigenvalue weighted by Crippen LogP contribution is 2.38. The van der Waals surface area contributed by atoms with Crippen LogP contribution in [-0.4, -0.2) is 42.8 Å². The zero-order chi connectivity index (χ0) is 11.8. The highest BCUT2D eigenvalue weighted by molar-refractivity contribution is 5.01. The van der Waals surface area contributed by atoms with E-state index in [4.69, 9.17) is 0 Å². The van der Waals surface area contributed by atoms with Crippen LogP contribution in [0.5, 0.6) is 0 Å². The fourth-order valence-electron chi connectivity index (χ4n) is 3.17. The van der Waals surface area contributed by atoms with Crippen LogP contribution in [0.4, 0.5) is 4.39 Å². The Kier molecular flexibility index (Phi) is 3.28. The summed E-state index contributed by atoms with van der Waals surface area (Å²) in [6.45, 7) is 9.90. The molecule has 2 fully saturated rings. The summed E-state index contributed by atoms with van der Waals surface area (Å²) in [7, 11) is 0.